The third kappa shape index (κ3) is 2.33. The molecule has 1 aliphatic heterocycles. The van der Waals surface area contributed by atoms with E-state index in [9.17, 15) is 0 Å². The van der Waals surface area contributed by atoms with E-state index in [4.69, 9.17) is 5.73 Å². The molecule has 0 radical (unpaired) electrons. The molecule has 0 amide bonds. The second kappa shape index (κ2) is 4.80. The molecule has 3 N–H and O–H groups in total. The first-order valence-electron chi connectivity index (χ1n) is 5.86. The summed E-state index contributed by atoms with van der Waals surface area (Å²) < 4.78 is 0. The fourth-order valence-electron chi connectivity index (χ4n) is 2.10. The highest BCUT2D eigenvalue weighted by Gasteiger charge is 2.13. The number of nitrogens with one attached hydrogen (secondary N) is 1. The molecular weight excluding hydrogens is 200 g/mol. The Bertz CT molecular complexity index is 356. The predicted molar refractivity (Wildman–Crippen MR) is 66.7 cm³/mol. The summed E-state index contributed by atoms with van der Waals surface area (Å²) in [7, 11) is 0. The third-order valence-corrected chi connectivity index (χ3v) is 3.07. The van der Waals surface area contributed by atoms with Gasteiger partial charge in [-0.3, -0.25) is 0 Å². The van der Waals surface area contributed by atoms with Crippen LogP contribution in [-0.2, 0) is 0 Å². The number of rotatable bonds is 2. The van der Waals surface area contributed by atoms with Crippen molar-refractivity contribution in [2.75, 3.05) is 31.1 Å². The number of anilines is 1. The van der Waals surface area contributed by atoms with Crippen LogP contribution in [0.3, 0.4) is 0 Å². The van der Waals surface area contributed by atoms with Crippen molar-refractivity contribution < 1.29 is 0 Å². The molecule has 0 aromatic carbocycles. The van der Waals surface area contributed by atoms with Gasteiger partial charge in [0.25, 0.3) is 0 Å². The van der Waals surface area contributed by atoms with Crippen molar-refractivity contribution in [1.29, 1.82) is 0 Å². The highest BCUT2D eigenvalue weighted by molar-refractivity contribution is 5.44. The molecule has 0 aliphatic carbocycles. The quantitative estimate of drug-likeness (QED) is 0.775. The molecule has 1 fully saturated rings. The zero-order chi connectivity index (χ0) is 11.5. The molecule has 0 bridgehead atoms. The Morgan fingerprint density at radius 1 is 1.44 bits per heavy atom. The number of piperazine rings is 1. The van der Waals surface area contributed by atoms with Gasteiger partial charge in [-0.1, -0.05) is 0 Å². The van der Waals surface area contributed by atoms with Gasteiger partial charge < -0.3 is 16.0 Å². The summed E-state index contributed by atoms with van der Waals surface area (Å²) in [5.74, 6) is 1.07. The van der Waals surface area contributed by atoms with Gasteiger partial charge in [0.05, 0.1) is 0 Å². The van der Waals surface area contributed by atoms with Crippen molar-refractivity contribution in [1.82, 2.24) is 10.3 Å². The predicted octanol–water partition coefficient (Wildman–Crippen LogP) is 0.819. The maximum absolute atomic E-state index is 5.88. The first-order chi connectivity index (χ1) is 7.68. The minimum Gasteiger partial charge on any atom is -0.354 e. The number of hydrogen-bond donors (Lipinski definition) is 2. The molecule has 0 spiro atoms. The maximum Gasteiger partial charge on any atom is 0.128 e. The average Bonchev–Trinajstić information content (AvgIpc) is 2.29. The Kier molecular flexibility index (Phi) is 3.41. The molecule has 1 aromatic rings. The Balaban J connectivity index is 2.19. The van der Waals surface area contributed by atoms with Crippen LogP contribution < -0.4 is 16.0 Å². The number of aryl methyl sites for hydroxylation is 1. The minimum absolute atomic E-state index is 0.0598. The molecule has 1 aromatic heterocycles. The van der Waals surface area contributed by atoms with Crippen LogP contribution in [0.1, 0.15) is 24.1 Å². The smallest absolute Gasteiger partial charge is 0.128 e. The molecular formula is C12H20N4. The summed E-state index contributed by atoms with van der Waals surface area (Å²) in [5.41, 5.74) is 8.25. The fourth-order valence-corrected chi connectivity index (χ4v) is 2.10. The first-order valence-corrected chi connectivity index (χ1v) is 5.86. The first kappa shape index (κ1) is 11.4. The van der Waals surface area contributed by atoms with Crippen molar-refractivity contribution in [3.05, 3.63) is 23.4 Å². The summed E-state index contributed by atoms with van der Waals surface area (Å²) in [5, 5.41) is 3.34. The maximum atomic E-state index is 5.88. The van der Waals surface area contributed by atoms with Crippen molar-refractivity contribution in [2.45, 2.75) is 19.9 Å². The van der Waals surface area contributed by atoms with Gasteiger partial charge in [-0.2, -0.15) is 0 Å². The van der Waals surface area contributed by atoms with Gasteiger partial charge in [0.2, 0.25) is 0 Å². The molecule has 1 unspecified atom stereocenters. The van der Waals surface area contributed by atoms with E-state index >= 15 is 0 Å². The Hall–Kier alpha value is -1.13. The van der Waals surface area contributed by atoms with Gasteiger partial charge in [0.15, 0.2) is 0 Å². The van der Waals surface area contributed by atoms with Crippen LogP contribution in [0.15, 0.2) is 12.3 Å². The number of hydrogen-bond acceptors (Lipinski definition) is 4. The summed E-state index contributed by atoms with van der Waals surface area (Å²) in [4.78, 5) is 6.82. The normalized spacial score (nSPS) is 18.6. The number of aromatic nitrogens is 1. The molecule has 4 heteroatoms. The van der Waals surface area contributed by atoms with E-state index in [1.54, 1.807) is 0 Å². The van der Waals surface area contributed by atoms with Crippen molar-refractivity contribution in [2.24, 2.45) is 5.73 Å². The molecule has 0 saturated carbocycles. The second-order valence-electron chi connectivity index (χ2n) is 4.42. The largest absolute Gasteiger partial charge is 0.354 e. The molecule has 2 heterocycles. The number of nitrogens with zero attached hydrogens (tertiary/aromatic N) is 2. The molecule has 2 rings (SSSR count). The van der Waals surface area contributed by atoms with Gasteiger partial charge in [0, 0.05) is 38.4 Å². The second-order valence-corrected chi connectivity index (χ2v) is 4.42. The van der Waals surface area contributed by atoms with Crippen LogP contribution in [0.2, 0.25) is 0 Å². The molecule has 1 atom stereocenters. The van der Waals surface area contributed by atoms with Gasteiger partial charge in [-0.15, -0.1) is 0 Å². The van der Waals surface area contributed by atoms with E-state index in [2.05, 4.69) is 28.2 Å². The van der Waals surface area contributed by atoms with E-state index in [0.717, 1.165) is 37.6 Å². The zero-order valence-electron chi connectivity index (χ0n) is 10.0. The highest BCUT2D eigenvalue weighted by atomic mass is 15.2. The van der Waals surface area contributed by atoms with Crippen molar-refractivity contribution in [3.8, 4) is 0 Å². The zero-order valence-corrected chi connectivity index (χ0v) is 10.0. The Morgan fingerprint density at radius 3 is 2.69 bits per heavy atom. The van der Waals surface area contributed by atoms with Crippen LogP contribution in [0.4, 0.5) is 5.82 Å². The molecule has 1 saturated heterocycles. The third-order valence-electron chi connectivity index (χ3n) is 3.07. The summed E-state index contributed by atoms with van der Waals surface area (Å²) >= 11 is 0. The van der Waals surface area contributed by atoms with E-state index in [0.29, 0.717) is 0 Å². The molecule has 4 nitrogen and oxygen atoms in total. The molecule has 88 valence electrons. The van der Waals surface area contributed by atoms with Crippen molar-refractivity contribution >= 4 is 5.82 Å². The van der Waals surface area contributed by atoms with E-state index in [1.165, 1.54) is 5.56 Å². The van der Waals surface area contributed by atoms with E-state index < -0.39 is 0 Å². The summed E-state index contributed by atoms with van der Waals surface area (Å²) in [6.07, 6.45) is 1.91. The van der Waals surface area contributed by atoms with Crippen LogP contribution >= 0.6 is 0 Å². The number of nitrogens with two attached hydrogens (primary N) is 1. The lowest BCUT2D eigenvalue weighted by Gasteiger charge is -2.29. The average molecular weight is 220 g/mol. The SMILES string of the molecule is Cc1cc(N2CCNCC2)ncc1C(C)N. The molecule has 1 aliphatic rings. The van der Waals surface area contributed by atoms with Gasteiger partial charge >= 0.3 is 0 Å². The van der Waals surface area contributed by atoms with E-state index in [1.807, 2.05) is 13.1 Å². The van der Waals surface area contributed by atoms with Gasteiger partial charge in [-0.05, 0) is 31.0 Å². The highest BCUT2D eigenvalue weighted by Crippen LogP contribution is 2.19. The Labute approximate surface area is 96.8 Å². The lowest BCUT2D eigenvalue weighted by Crippen LogP contribution is -2.43. The van der Waals surface area contributed by atoms with Gasteiger partial charge in [0.1, 0.15) is 5.82 Å². The van der Waals surface area contributed by atoms with E-state index in [-0.39, 0.29) is 6.04 Å². The van der Waals surface area contributed by atoms with Crippen LogP contribution in [0.5, 0.6) is 0 Å². The lowest BCUT2D eigenvalue weighted by atomic mass is 10.1. The summed E-state index contributed by atoms with van der Waals surface area (Å²) in [6, 6.07) is 2.20. The van der Waals surface area contributed by atoms with Crippen LogP contribution in [0.25, 0.3) is 0 Å². The number of pyridine rings is 1. The standard InChI is InChI=1S/C12H20N4/c1-9-7-12(15-8-11(9)10(2)13)16-5-3-14-4-6-16/h7-8,10,14H,3-6,13H2,1-2H3. The lowest BCUT2D eigenvalue weighted by molar-refractivity contribution is 0.584. The molecule has 16 heavy (non-hydrogen) atoms. The monoisotopic (exact) mass is 220 g/mol. The van der Waals surface area contributed by atoms with Crippen LogP contribution in [-0.4, -0.2) is 31.2 Å². The topological polar surface area (TPSA) is 54.2 Å². The minimum atomic E-state index is 0.0598. The Morgan fingerprint density at radius 2 is 2.12 bits per heavy atom. The fraction of sp³-hybridized carbons (Fsp3) is 0.583. The summed E-state index contributed by atoms with van der Waals surface area (Å²) in [6.45, 7) is 8.24. The van der Waals surface area contributed by atoms with Crippen molar-refractivity contribution in [3.63, 3.8) is 0 Å². The van der Waals surface area contributed by atoms with Crippen LogP contribution in [0, 0.1) is 6.92 Å². The van der Waals surface area contributed by atoms with Gasteiger partial charge in [-0.25, -0.2) is 4.98 Å².